The Hall–Kier alpha value is -1.84. The van der Waals surface area contributed by atoms with E-state index < -0.39 is 12.1 Å². The summed E-state index contributed by atoms with van der Waals surface area (Å²) >= 11 is 0. The second kappa shape index (κ2) is 5.01. The summed E-state index contributed by atoms with van der Waals surface area (Å²) < 4.78 is 5.73. The zero-order chi connectivity index (χ0) is 10.4. The van der Waals surface area contributed by atoms with Crippen molar-refractivity contribution in [2.75, 3.05) is 0 Å². The molecule has 0 bridgehead atoms. The number of rotatable bonds is 3. The molecule has 0 saturated heterocycles. The Kier molecular flexibility index (Phi) is 3.67. The number of carbonyl (C=O) groups excluding carboxylic acids is 2. The molecule has 1 rings (SSSR count). The second-order valence-electron chi connectivity index (χ2n) is 2.66. The first kappa shape index (κ1) is 10.2. The Labute approximate surface area is 81.8 Å². The highest BCUT2D eigenvalue weighted by Crippen LogP contribution is 1.97. The Morgan fingerprint density at radius 3 is 2.57 bits per heavy atom. The Morgan fingerprint density at radius 2 is 2.00 bits per heavy atom. The van der Waals surface area contributed by atoms with Crippen molar-refractivity contribution in [3.8, 4) is 0 Å². The number of hydrogen-bond acceptors (Lipinski definition) is 3. The maximum absolute atomic E-state index is 11.2. The lowest BCUT2D eigenvalue weighted by Crippen LogP contribution is -2.16. The highest BCUT2D eigenvalue weighted by molar-refractivity contribution is 5.85. The van der Waals surface area contributed by atoms with Gasteiger partial charge in [0, 0.05) is 18.8 Å². The minimum absolute atomic E-state index is 0.177. The van der Waals surface area contributed by atoms with Crippen LogP contribution >= 0.6 is 0 Å². The molecule has 0 spiro atoms. The van der Waals surface area contributed by atoms with Crippen molar-refractivity contribution < 1.29 is 14.3 Å². The van der Waals surface area contributed by atoms with Crippen LogP contribution < -0.4 is 0 Å². The minimum atomic E-state index is -0.677. The van der Waals surface area contributed by atoms with Crippen molar-refractivity contribution in [2.45, 2.75) is 12.8 Å². The normalized spacial score (nSPS) is 9.43. The first-order valence-electron chi connectivity index (χ1n) is 4.23. The number of ether oxygens (including phenoxy) is 1. The third-order valence-corrected chi connectivity index (χ3v) is 1.57. The third-order valence-electron chi connectivity index (χ3n) is 1.57. The predicted octanol–water partition coefficient (Wildman–Crippen LogP) is 1.97. The van der Waals surface area contributed by atoms with Gasteiger partial charge in [-0.3, -0.25) is 9.36 Å². The molecule has 4 heteroatoms. The van der Waals surface area contributed by atoms with E-state index in [1.165, 1.54) is 17.0 Å². The minimum Gasteiger partial charge on any atom is -0.376 e. The lowest BCUT2D eigenvalue weighted by molar-refractivity contribution is -0.137. The molecule has 0 fully saturated rings. The van der Waals surface area contributed by atoms with Crippen LogP contribution in [0.1, 0.15) is 12.8 Å². The summed E-state index contributed by atoms with van der Waals surface area (Å²) in [6.07, 6.45) is 4.64. The van der Waals surface area contributed by atoms with Crippen molar-refractivity contribution in [1.82, 2.24) is 4.57 Å². The van der Waals surface area contributed by atoms with E-state index in [4.69, 9.17) is 0 Å². The van der Waals surface area contributed by atoms with Crippen LogP contribution in [0.15, 0.2) is 37.2 Å². The van der Waals surface area contributed by atoms with E-state index >= 15 is 0 Å². The van der Waals surface area contributed by atoms with Gasteiger partial charge in [-0.1, -0.05) is 6.08 Å². The number of nitrogens with zero attached hydrogens (tertiary/aromatic N) is 1. The van der Waals surface area contributed by atoms with Crippen LogP contribution in [0.5, 0.6) is 0 Å². The van der Waals surface area contributed by atoms with Gasteiger partial charge < -0.3 is 4.74 Å². The lowest BCUT2D eigenvalue weighted by Gasteiger charge is -2.01. The number of carbonyl (C=O) groups is 2. The molecule has 14 heavy (non-hydrogen) atoms. The Bertz CT molecular complexity index is 327. The number of aromatic nitrogens is 1. The maximum Gasteiger partial charge on any atom is 0.425 e. The molecule has 0 N–H and O–H groups in total. The van der Waals surface area contributed by atoms with Crippen LogP contribution in [-0.4, -0.2) is 16.6 Å². The number of allylic oxidation sites excluding steroid dienone is 1. The average molecular weight is 193 g/mol. The molecular weight excluding hydrogens is 182 g/mol. The molecule has 1 heterocycles. The molecule has 0 atom stereocenters. The Balaban J connectivity index is 2.41. The fourth-order valence-corrected chi connectivity index (χ4v) is 0.877. The summed E-state index contributed by atoms with van der Waals surface area (Å²) in [5.74, 6) is -0.538. The molecular formula is C10H11NO3. The smallest absolute Gasteiger partial charge is 0.376 e. The SMILES string of the molecule is C=CCCC(=O)OC(=O)n1cccc1. The molecule has 0 aliphatic rings. The fraction of sp³-hybridized carbons (Fsp3) is 0.200. The van der Waals surface area contributed by atoms with Crippen molar-refractivity contribution in [1.29, 1.82) is 0 Å². The molecule has 0 aliphatic heterocycles. The molecule has 0 unspecified atom stereocenters. The van der Waals surface area contributed by atoms with Gasteiger partial charge in [0.2, 0.25) is 0 Å². The van der Waals surface area contributed by atoms with E-state index in [9.17, 15) is 9.59 Å². The van der Waals surface area contributed by atoms with Gasteiger partial charge in [-0.15, -0.1) is 6.58 Å². The largest absolute Gasteiger partial charge is 0.425 e. The van der Waals surface area contributed by atoms with Crippen LogP contribution in [0.25, 0.3) is 0 Å². The molecule has 0 saturated carbocycles. The van der Waals surface area contributed by atoms with Gasteiger partial charge in [-0.2, -0.15) is 0 Å². The summed E-state index contributed by atoms with van der Waals surface area (Å²) in [5.41, 5.74) is 0. The third kappa shape index (κ3) is 2.90. The van der Waals surface area contributed by atoms with Crippen LogP contribution in [-0.2, 0) is 9.53 Å². The van der Waals surface area contributed by atoms with E-state index in [-0.39, 0.29) is 6.42 Å². The van der Waals surface area contributed by atoms with Crippen LogP contribution in [0.4, 0.5) is 4.79 Å². The first-order valence-corrected chi connectivity index (χ1v) is 4.23. The monoisotopic (exact) mass is 193 g/mol. The molecule has 1 aromatic rings. The maximum atomic E-state index is 11.2. The van der Waals surface area contributed by atoms with E-state index in [0.29, 0.717) is 6.42 Å². The second-order valence-corrected chi connectivity index (χ2v) is 2.66. The van der Waals surface area contributed by atoms with Crippen molar-refractivity contribution in [3.63, 3.8) is 0 Å². The zero-order valence-electron chi connectivity index (χ0n) is 7.68. The zero-order valence-corrected chi connectivity index (χ0v) is 7.68. The van der Waals surface area contributed by atoms with Crippen LogP contribution in [0, 0.1) is 0 Å². The number of hydrogen-bond donors (Lipinski definition) is 0. The first-order chi connectivity index (χ1) is 6.74. The standard InChI is InChI=1S/C10H11NO3/c1-2-3-6-9(12)14-10(13)11-7-4-5-8-11/h2,4-5,7-8H,1,3,6H2. The number of esters is 1. The topological polar surface area (TPSA) is 48.3 Å². The van der Waals surface area contributed by atoms with Gasteiger partial charge >= 0.3 is 12.1 Å². The van der Waals surface area contributed by atoms with Gasteiger partial charge in [0.15, 0.2) is 0 Å². The van der Waals surface area contributed by atoms with Gasteiger partial charge in [0.1, 0.15) is 0 Å². The summed E-state index contributed by atoms with van der Waals surface area (Å²) in [6.45, 7) is 3.46. The van der Waals surface area contributed by atoms with Crippen LogP contribution in [0.2, 0.25) is 0 Å². The van der Waals surface area contributed by atoms with Crippen LogP contribution in [0.3, 0.4) is 0 Å². The predicted molar refractivity (Wildman–Crippen MR) is 50.7 cm³/mol. The van der Waals surface area contributed by atoms with E-state index in [0.717, 1.165) is 0 Å². The molecule has 0 aromatic carbocycles. The van der Waals surface area contributed by atoms with E-state index in [1.807, 2.05) is 0 Å². The highest BCUT2D eigenvalue weighted by atomic mass is 16.6. The van der Waals surface area contributed by atoms with Gasteiger partial charge in [0.25, 0.3) is 0 Å². The molecule has 0 aliphatic carbocycles. The van der Waals surface area contributed by atoms with Gasteiger partial charge in [-0.25, -0.2) is 4.79 Å². The molecule has 0 amide bonds. The fourth-order valence-electron chi connectivity index (χ4n) is 0.877. The molecule has 74 valence electrons. The average Bonchev–Trinajstić information content (AvgIpc) is 2.67. The van der Waals surface area contributed by atoms with Crippen molar-refractivity contribution in [2.24, 2.45) is 0 Å². The Morgan fingerprint density at radius 1 is 1.36 bits per heavy atom. The lowest BCUT2D eigenvalue weighted by atomic mass is 10.3. The van der Waals surface area contributed by atoms with Gasteiger partial charge in [-0.05, 0) is 18.6 Å². The summed E-state index contributed by atoms with van der Waals surface area (Å²) in [7, 11) is 0. The summed E-state index contributed by atoms with van der Waals surface area (Å²) in [6, 6.07) is 3.35. The summed E-state index contributed by atoms with van der Waals surface area (Å²) in [4.78, 5) is 22.2. The van der Waals surface area contributed by atoms with E-state index in [1.54, 1.807) is 18.2 Å². The van der Waals surface area contributed by atoms with Crippen molar-refractivity contribution >= 4 is 12.1 Å². The van der Waals surface area contributed by atoms with E-state index in [2.05, 4.69) is 11.3 Å². The summed E-state index contributed by atoms with van der Waals surface area (Å²) in [5, 5.41) is 0. The quantitative estimate of drug-likeness (QED) is 0.419. The molecule has 1 aromatic heterocycles. The highest BCUT2D eigenvalue weighted by Gasteiger charge is 2.09. The van der Waals surface area contributed by atoms with Crippen molar-refractivity contribution in [3.05, 3.63) is 37.2 Å². The molecule has 4 nitrogen and oxygen atoms in total. The molecule has 0 radical (unpaired) electrons. The van der Waals surface area contributed by atoms with Gasteiger partial charge in [0.05, 0.1) is 0 Å².